The first kappa shape index (κ1) is 21.7. The smallest absolute Gasteiger partial charge is 0.362 e. The minimum absolute atomic E-state index is 0.0671. The van der Waals surface area contributed by atoms with E-state index in [1.165, 1.54) is 0 Å². The second kappa shape index (κ2) is 8.35. The van der Waals surface area contributed by atoms with E-state index < -0.39 is 24.3 Å². The van der Waals surface area contributed by atoms with E-state index >= 15 is 0 Å². The first-order chi connectivity index (χ1) is 16.4. The molecule has 0 saturated carbocycles. The normalized spacial score (nSPS) is 18.1. The van der Waals surface area contributed by atoms with Gasteiger partial charge in [-0.2, -0.15) is 23.3 Å². The van der Waals surface area contributed by atoms with E-state index in [1.807, 2.05) is 36.4 Å². The van der Waals surface area contributed by atoms with Gasteiger partial charge in [-0.05, 0) is 5.56 Å². The Morgan fingerprint density at radius 3 is 1.74 bits per heavy atom. The van der Waals surface area contributed by atoms with Gasteiger partial charge in [-0.25, -0.2) is 4.98 Å². The molecular weight excluding hydrogens is 443 g/mol. The summed E-state index contributed by atoms with van der Waals surface area (Å²) in [7, 11) is 0. The highest BCUT2D eigenvalue weighted by Crippen LogP contribution is 2.43. The number of rotatable bonds is 4. The molecular formula is C25H18F3N5O. The Labute approximate surface area is 193 Å². The fraction of sp³-hybridized carbons (Fsp3) is 0.120. The number of hydrogen-bond donors (Lipinski definition) is 1. The molecule has 34 heavy (non-hydrogen) atoms. The maximum atomic E-state index is 14.1. The van der Waals surface area contributed by atoms with E-state index in [1.54, 1.807) is 54.6 Å². The maximum Gasteiger partial charge on any atom is 0.438 e. The summed E-state index contributed by atoms with van der Waals surface area (Å²) in [5, 5.41) is 23.5. The molecule has 0 bridgehead atoms. The van der Waals surface area contributed by atoms with Crippen LogP contribution in [-0.2, 0) is 0 Å². The van der Waals surface area contributed by atoms with Crippen LogP contribution in [-0.4, -0.2) is 37.9 Å². The summed E-state index contributed by atoms with van der Waals surface area (Å²) in [5.41, 5.74) is -0.722. The Kier molecular flexibility index (Phi) is 5.33. The van der Waals surface area contributed by atoms with Crippen molar-refractivity contribution in [2.24, 2.45) is 5.10 Å². The number of anilines is 1. The summed E-state index contributed by atoms with van der Waals surface area (Å²) in [5.74, 6) is -0.454. The monoisotopic (exact) mass is 461 g/mol. The van der Waals surface area contributed by atoms with E-state index in [2.05, 4.69) is 20.3 Å². The molecule has 6 nitrogen and oxygen atoms in total. The number of hydrogen-bond acceptors (Lipinski definition) is 6. The lowest BCUT2D eigenvalue weighted by atomic mass is 10.0. The van der Waals surface area contributed by atoms with E-state index in [0.717, 1.165) is 0 Å². The average Bonchev–Trinajstić information content (AvgIpc) is 3.24. The molecule has 2 heterocycles. The Bertz CT molecular complexity index is 1330. The van der Waals surface area contributed by atoms with Crippen molar-refractivity contribution < 1.29 is 18.3 Å². The third-order valence-corrected chi connectivity index (χ3v) is 5.51. The fourth-order valence-corrected chi connectivity index (χ4v) is 3.76. The van der Waals surface area contributed by atoms with Gasteiger partial charge in [0, 0.05) is 11.1 Å². The fourth-order valence-electron chi connectivity index (χ4n) is 3.76. The van der Waals surface area contributed by atoms with Crippen molar-refractivity contribution in [2.45, 2.75) is 18.3 Å². The lowest BCUT2D eigenvalue weighted by Gasteiger charge is -2.32. The number of benzene rings is 3. The first-order valence-electron chi connectivity index (χ1n) is 10.4. The quantitative estimate of drug-likeness (QED) is 0.459. The lowest BCUT2D eigenvalue weighted by molar-refractivity contribution is -0.254. The summed E-state index contributed by atoms with van der Waals surface area (Å²) in [6, 6.07) is 26.4. The lowest BCUT2D eigenvalue weighted by Crippen LogP contribution is -2.55. The van der Waals surface area contributed by atoms with Crippen LogP contribution in [0.3, 0.4) is 0 Å². The van der Waals surface area contributed by atoms with Crippen LogP contribution < -0.4 is 5.01 Å². The zero-order chi connectivity index (χ0) is 23.8. The summed E-state index contributed by atoms with van der Waals surface area (Å²) in [6.45, 7) is 0. The Morgan fingerprint density at radius 1 is 0.706 bits per heavy atom. The Balaban J connectivity index is 1.68. The van der Waals surface area contributed by atoms with E-state index in [4.69, 9.17) is 0 Å². The molecule has 1 aromatic heterocycles. The van der Waals surface area contributed by atoms with Gasteiger partial charge < -0.3 is 5.11 Å². The second-order valence-electron chi connectivity index (χ2n) is 7.76. The molecule has 5 rings (SSSR count). The van der Waals surface area contributed by atoms with Crippen LogP contribution in [0.15, 0.2) is 96.1 Å². The van der Waals surface area contributed by atoms with Gasteiger partial charge in [0.1, 0.15) is 11.4 Å². The second-order valence-corrected chi connectivity index (χ2v) is 7.76. The van der Waals surface area contributed by atoms with Crippen molar-refractivity contribution in [1.82, 2.24) is 15.2 Å². The molecule has 0 fully saturated rings. The van der Waals surface area contributed by atoms with Gasteiger partial charge in [-0.3, -0.25) is 0 Å². The molecule has 0 amide bonds. The van der Waals surface area contributed by atoms with Crippen LogP contribution in [0.5, 0.6) is 0 Å². The van der Waals surface area contributed by atoms with Gasteiger partial charge in [0.15, 0.2) is 0 Å². The number of nitrogens with zero attached hydrogens (tertiary/aromatic N) is 5. The van der Waals surface area contributed by atoms with Crippen molar-refractivity contribution in [2.75, 3.05) is 5.01 Å². The van der Waals surface area contributed by atoms with Gasteiger partial charge in [-0.15, -0.1) is 10.2 Å². The zero-order valence-electron chi connectivity index (χ0n) is 17.7. The van der Waals surface area contributed by atoms with Gasteiger partial charge in [0.05, 0.1) is 12.1 Å². The molecule has 9 heteroatoms. The third kappa shape index (κ3) is 3.80. The molecule has 0 saturated heterocycles. The minimum atomic E-state index is -5.03. The number of aliphatic hydroxyl groups is 1. The highest BCUT2D eigenvalue weighted by molar-refractivity contribution is 6.03. The summed E-state index contributed by atoms with van der Waals surface area (Å²) in [6.07, 6.45) is -5.80. The van der Waals surface area contributed by atoms with Gasteiger partial charge >= 0.3 is 6.18 Å². The maximum absolute atomic E-state index is 14.1. The number of halogens is 3. The van der Waals surface area contributed by atoms with Crippen molar-refractivity contribution in [3.63, 3.8) is 0 Å². The topological polar surface area (TPSA) is 74.5 Å². The largest absolute Gasteiger partial charge is 0.438 e. The summed E-state index contributed by atoms with van der Waals surface area (Å²) >= 11 is 0. The highest BCUT2D eigenvalue weighted by atomic mass is 19.4. The van der Waals surface area contributed by atoms with Crippen LogP contribution >= 0.6 is 0 Å². The van der Waals surface area contributed by atoms with Gasteiger partial charge in [-0.1, -0.05) is 91.0 Å². The number of alkyl halides is 3. The molecule has 3 aromatic carbocycles. The van der Waals surface area contributed by atoms with Crippen molar-refractivity contribution in [3.8, 4) is 22.5 Å². The Hall–Kier alpha value is -4.11. The van der Waals surface area contributed by atoms with Crippen LogP contribution in [0.1, 0.15) is 12.0 Å². The molecule has 1 N–H and O–H groups in total. The molecule has 170 valence electrons. The molecule has 4 aromatic rings. The predicted octanol–water partition coefficient (Wildman–Crippen LogP) is 5.07. The van der Waals surface area contributed by atoms with Crippen LogP contribution in [0.25, 0.3) is 22.5 Å². The Morgan fingerprint density at radius 2 is 1.21 bits per heavy atom. The van der Waals surface area contributed by atoms with Crippen LogP contribution in [0, 0.1) is 0 Å². The highest BCUT2D eigenvalue weighted by Gasteiger charge is 2.63. The number of hydrazone groups is 1. The van der Waals surface area contributed by atoms with Crippen LogP contribution in [0.2, 0.25) is 0 Å². The zero-order valence-corrected chi connectivity index (χ0v) is 17.7. The van der Waals surface area contributed by atoms with Crippen LogP contribution in [0.4, 0.5) is 19.1 Å². The average molecular weight is 461 g/mol. The molecule has 1 aliphatic rings. The molecule has 0 unspecified atom stereocenters. The van der Waals surface area contributed by atoms with Crippen molar-refractivity contribution >= 4 is 11.7 Å². The third-order valence-electron chi connectivity index (χ3n) is 5.51. The van der Waals surface area contributed by atoms with Gasteiger partial charge in [0.2, 0.25) is 0 Å². The predicted molar refractivity (Wildman–Crippen MR) is 122 cm³/mol. The SMILES string of the molecule is O[C@@]1(C(F)(F)F)CC(c2ccccc2)=NN1c1nnc(-c2ccccc2)c(-c2ccccc2)n1. The number of aromatic nitrogens is 3. The molecule has 0 radical (unpaired) electrons. The minimum Gasteiger partial charge on any atom is -0.362 e. The van der Waals surface area contributed by atoms with E-state index in [0.29, 0.717) is 33.1 Å². The van der Waals surface area contributed by atoms with Gasteiger partial charge in [0.25, 0.3) is 11.7 Å². The molecule has 0 aliphatic carbocycles. The standard InChI is InChI=1S/C25H18F3N5O/c26-25(27,28)24(34)16-20(17-10-4-1-5-11-17)32-33(24)23-29-21(18-12-6-2-7-13-18)22(30-31-23)19-14-8-3-9-15-19/h1-15,34H,16H2/t24-/m1/s1. The van der Waals surface area contributed by atoms with E-state index in [-0.39, 0.29) is 5.71 Å². The molecule has 0 spiro atoms. The molecule has 1 atom stereocenters. The van der Waals surface area contributed by atoms with Crippen molar-refractivity contribution in [1.29, 1.82) is 0 Å². The summed E-state index contributed by atoms with van der Waals surface area (Å²) < 4.78 is 42.3. The summed E-state index contributed by atoms with van der Waals surface area (Å²) in [4.78, 5) is 4.42. The van der Waals surface area contributed by atoms with E-state index in [9.17, 15) is 18.3 Å². The van der Waals surface area contributed by atoms with Crippen molar-refractivity contribution in [3.05, 3.63) is 96.6 Å². The molecule has 1 aliphatic heterocycles. The first-order valence-corrected chi connectivity index (χ1v) is 10.4.